The van der Waals surface area contributed by atoms with Gasteiger partial charge in [0.1, 0.15) is 0 Å². The summed E-state index contributed by atoms with van der Waals surface area (Å²) in [7, 11) is 0. The number of para-hydroxylation sites is 1. The van der Waals surface area contributed by atoms with E-state index in [1.54, 1.807) is 11.1 Å². The minimum Gasteiger partial charge on any atom is -0.311 e. The van der Waals surface area contributed by atoms with E-state index in [1.165, 1.54) is 11.3 Å². The number of nitrogens with zero attached hydrogens (tertiary/aromatic N) is 2. The maximum Gasteiger partial charge on any atom is 0.231 e. The first kappa shape index (κ1) is 16.6. The van der Waals surface area contributed by atoms with E-state index in [0.717, 1.165) is 29.7 Å². The van der Waals surface area contributed by atoms with Crippen molar-refractivity contribution in [2.75, 3.05) is 16.8 Å². The lowest BCUT2D eigenvalue weighted by Crippen LogP contribution is -2.29. The smallest absolute Gasteiger partial charge is 0.231 e. The molecule has 0 saturated carbocycles. The van der Waals surface area contributed by atoms with Crippen LogP contribution in [0.5, 0.6) is 0 Å². The third kappa shape index (κ3) is 3.19. The minimum atomic E-state index is -0.337. The molecule has 1 aliphatic rings. The lowest BCUT2D eigenvalue weighted by Gasteiger charge is -2.23. The molecule has 1 aliphatic heterocycles. The molecule has 6 heteroatoms. The maximum atomic E-state index is 12.6. The number of thiazole rings is 1. The summed E-state index contributed by atoms with van der Waals surface area (Å²) in [5, 5.41) is 5.19. The second kappa shape index (κ2) is 7.13. The van der Waals surface area contributed by atoms with Crippen LogP contribution in [0.15, 0.2) is 29.8 Å². The fourth-order valence-corrected chi connectivity index (χ4v) is 3.69. The highest BCUT2D eigenvalue weighted by molar-refractivity contribution is 7.13. The van der Waals surface area contributed by atoms with Gasteiger partial charge < -0.3 is 10.2 Å². The predicted molar refractivity (Wildman–Crippen MR) is 96.4 cm³/mol. The number of carbonyl (C=O) groups excluding carboxylic acids is 2. The van der Waals surface area contributed by atoms with Crippen LogP contribution in [-0.2, 0) is 22.4 Å². The first-order valence-electron chi connectivity index (χ1n) is 8.25. The van der Waals surface area contributed by atoms with Crippen molar-refractivity contribution in [2.24, 2.45) is 5.92 Å². The molecule has 0 bridgehead atoms. The van der Waals surface area contributed by atoms with Gasteiger partial charge in [0, 0.05) is 30.2 Å². The molecule has 126 valence electrons. The summed E-state index contributed by atoms with van der Waals surface area (Å²) in [6.45, 7) is 4.61. The van der Waals surface area contributed by atoms with Gasteiger partial charge in [-0.3, -0.25) is 9.59 Å². The van der Waals surface area contributed by atoms with Gasteiger partial charge in [-0.15, -0.1) is 11.3 Å². The highest BCUT2D eigenvalue weighted by atomic mass is 32.1. The lowest BCUT2D eigenvalue weighted by atomic mass is 10.0. The van der Waals surface area contributed by atoms with Crippen molar-refractivity contribution in [3.63, 3.8) is 0 Å². The summed E-state index contributed by atoms with van der Waals surface area (Å²) in [5.41, 5.74) is 3.31. The molecule has 2 amide bonds. The number of hydrogen-bond acceptors (Lipinski definition) is 4. The van der Waals surface area contributed by atoms with Gasteiger partial charge in [0.05, 0.1) is 5.92 Å². The van der Waals surface area contributed by atoms with Crippen LogP contribution in [0.1, 0.15) is 31.4 Å². The Morgan fingerprint density at radius 3 is 2.62 bits per heavy atom. The van der Waals surface area contributed by atoms with Crippen molar-refractivity contribution < 1.29 is 9.59 Å². The molecule has 1 fully saturated rings. The van der Waals surface area contributed by atoms with Gasteiger partial charge in [-0.25, -0.2) is 4.98 Å². The number of aryl methyl sites for hydroxylation is 2. The van der Waals surface area contributed by atoms with Gasteiger partial charge >= 0.3 is 0 Å². The maximum absolute atomic E-state index is 12.6. The normalized spacial score (nSPS) is 17.3. The SMILES string of the molecule is CCc1cccc(CC)c1N1C[C@H](C(=O)Nc2nccs2)CC1=O. The lowest BCUT2D eigenvalue weighted by molar-refractivity contribution is -0.122. The van der Waals surface area contributed by atoms with E-state index in [-0.39, 0.29) is 24.2 Å². The van der Waals surface area contributed by atoms with Gasteiger partial charge in [-0.2, -0.15) is 0 Å². The minimum absolute atomic E-state index is 0.0184. The molecule has 0 spiro atoms. The van der Waals surface area contributed by atoms with Crippen LogP contribution in [0.4, 0.5) is 10.8 Å². The fourth-order valence-electron chi connectivity index (χ4n) is 3.15. The largest absolute Gasteiger partial charge is 0.311 e. The van der Waals surface area contributed by atoms with E-state index in [0.29, 0.717) is 11.7 Å². The summed E-state index contributed by atoms with van der Waals surface area (Å²) in [6, 6.07) is 6.16. The van der Waals surface area contributed by atoms with E-state index in [1.807, 2.05) is 11.4 Å². The Kier molecular flexibility index (Phi) is 4.94. The highest BCUT2D eigenvalue weighted by Crippen LogP contribution is 2.32. The molecule has 1 saturated heterocycles. The van der Waals surface area contributed by atoms with E-state index >= 15 is 0 Å². The zero-order chi connectivity index (χ0) is 17.1. The zero-order valence-electron chi connectivity index (χ0n) is 13.9. The number of nitrogens with one attached hydrogen (secondary N) is 1. The Hall–Kier alpha value is -2.21. The van der Waals surface area contributed by atoms with Crippen LogP contribution in [0, 0.1) is 5.92 Å². The van der Waals surface area contributed by atoms with Crippen LogP contribution in [-0.4, -0.2) is 23.3 Å². The average molecular weight is 343 g/mol. The topological polar surface area (TPSA) is 62.3 Å². The van der Waals surface area contributed by atoms with Crippen LogP contribution in [0.3, 0.4) is 0 Å². The summed E-state index contributed by atoms with van der Waals surface area (Å²) in [6.07, 6.45) is 3.63. The summed E-state index contributed by atoms with van der Waals surface area (Å²) >= 11 is 1.38. The van der Waals surface area contributed by atoms with Crippen molar-refractivity contribution in [1.82, 2.24) is 4.98 Å². The Labute approximate surface area is 145 Å². The van der Waals surface area contributed by atoms with Crippen molar-refractivity contribution >= 4 is 34.0 Å². The number of anilines is 2. The van der Waals surface area contributed by atoms with E-state index < -0.39 is 0 Å². The third-order valence-corrected chi connectivity index (χ3v) is 5.08. The number of rotatable bonds is 5. The molecule has 0 radical (unpaired) electrons. The fraction of sp³-hybridized carbons (Fsp3) is 0.389. The molecule has 1 aromatic carbocycles. The Bertz CT molecular complexity index is 720. The quantitative estimate of drug-likeness (QED) is 0.906. The number of amides is 2. The molecular weight excluding hydrogens is 322 g/mol. The Morgan fingerprint density at radius 1 is 1.33 bits per heavy atom. The van der Waals surface area contributed by atoms with Crippen LogP contribution >= 0.6 is 11.3 Å². The van der Waals surface area contributed by atoms with Crippen molar-refractivity contribution in [2.45, 2.75) is 33.1 Å². The molecule has 1 aromatic heterocycles. The van der Waals surface area contributed by atoms with Crippen LogP contribution < -0.4 is 10.2 Å². The molecule has 2 heterocycles. The first-order valence-corrected chi connectivity index (χ1v) is 9.13. The second-order valence-electron chi connectivity index (χ2n) is 5.86. The number of aromatic nitrogens is 1. The molecule has 24 heavy (non-hydrogen) atoms. The predicted octanol–water partition coefficient (Wildman–Crippen LogP) is 3.26. The number of benzene rings is 1. The monoisotopic (exact) mass is 343 g/mol. The van der Waals surface area contributed by atoms with Crippen molar-refractivity contribution in [1.29, 1.82) is 0 Å². The molecule has 3 rings (SSSR count). The van der Waals surface area contributed by atoms with E-state index in [9.17, 15) is 9.59 Å². The van der Waals surface area contributed by atoms with Crippen molar-refractivity contribution in [3.05, 3.63) is 40.9 Å². The van der Waals surface area contributed by atoms with Gasteiger partial charge in [0.2, 0.25) is 11.8 Å². The Morgan fingerprint density at radius 2 is 2.04 bits per heavy atom. The van der Waals surface area contributed by atoms with Gasteiger partial charge in [-0.1, -0.05) is 32.0 Å². The van der Waals surface area contributed by atoms with Crippen LogP contribution in [0.2, 0.25) is 0 Å². The molecule has 0 unspecified atom stereocenters. The zero-order valence-corrected chi connectivity index (χ0v) is 14.7. The molecular formula is C18H21N3O2S. The highest BCUT2D eigenvalue weighted by Gasteiger charge is 2.36. The second-order valence-corrected chi connectivity index (χ2v) is 6.76. The third-order valence-electron chi connectivity index (χ3n) is 4.39. The van der Waals surface area contributed by atoms with Gasteiger partial charge in [-0.05, 0) is 24.0 Å². The first-order chi connectivity index (χ1) is 11.6. The average Bonchev–Trinajstić information content (AvgIpc) is 3.23. The Balaban J connectivity index is 1.81. The summed E-state index contributed by atoms with van der Waals surface area (Å²) < 4.78 is 0. The standard InChI is InChI=1S/C18H21N3O2S/c1-3-12-6-5-7-13(4-2)16(12)21-11-14(10-15(21)22)17(23)20-18-19-8-9-24-18/h5-9,14H,3-4,10-11H2,1-2H3,(H,19,20,23)/t14-/m1/s1. The summed E-state index contributed by atoms with van der Waals surface area (Å²) in [5.74, 6) is -0.450. The van der Waals surface area contributed by atoms with Gasteiger partial charge in [0.15, 0.2) is 5.13 Å². The summed E-state index contributed by atoms with van der Waals surface area (Å²) in [4.78, 5) is 30.8. The molecule has 5 nitrogen and oxygen atoms in total. The van der Waals surface area contributed by atoms with Gasteiger partial charge in [0.25, 0.3) is 0 Å². The number of carbonyl (C=O) groups is 2. The number of hydrogen-bond donors (Lipinski definition) is 1. The van der Waals surface area contributed by atoms with Crippen molar-refractivity contribution in [3.8, 4) is 0 Å². The molecule has 1 atom stereocenters. The van der Waals surface area contributed by atoms with Crippen LogP contribution in [0.25, 0.3) is 0 Å². The van der Waals surface area contributed by atoms with E-state index in [2.05, 4.69) is 36.3 Å². The van der Waals surface area contributed by atoms with E-state index in [4.69, 9.17) is 0 Å². The molecule has 0 aliphatic carbocycles. The molecule has 1 N–H and O–H groups in total. The molecule has 2 aromatic rings.